The summed E-state index contributed by atoms with van der Waals surface area (Å²) in [6, 6.07) is 14.2. The molecule has 0 spiro atoms. The number of rotatable bonds is 6. The van der Waals surface area contributed by atoms with Gasteiger partial charge in [0.15, 0.2) is 4.90 Å². The first-order valence-corrected chi connectivity index (χ1v) is 12.4. The van der Waals surface area contributed by atoms with Gasteiger partial charge in [-0.25, -0.2) is 17.2 Å². The van der Waals surface area contributed by atoms with E-state index in [4.69, 9.17) is 0 Å². The van der Waals surface area contributed by atoms with E-state index in [0.717, 1.165) is 16.4 Å². The van der Waals surface area contributed by atoms with Gasteiger partial charge in [0.25, 0.3) is 0 Å². The molecule has 0 saturated heterocycles. The molecule has 1 aromatic heterocycles. The fourth-order valence-electron chi connectivity index (χ4n) is 4.53. The van der Waals surface area contributed by atoms with Gasteiger partial charge in [-0.3, -0.25) is 9.78 Å². The number of nitrogens with one attached hydrogen (secondary N) is 1. The highest BCUT2D eigenvalue weighted by atomic mass is 32.2. The van der Waals surface area contributed by atoms with E-state index in [-0.39, 0.29) is 25.1 Å². The third-order valence-electron chi connectivity index (χ3n) is 6.21. The second kappa shape index (κ2) is 9.44. The Morgan fingerprint density at radius 3 is 2.34 bits per heavy atom. The van der Waals surface area contributed by atoms with Gasteiger partial charge in [0.05, 0.1) is 17.9 Å². The van der Waals surface area contributed by atoms with E-state index in [1.807, 2.05) is 0 Å². The number of carbonyl (C=O) groups excluding carboxylic acids is 1. The summed E-state index contributed by atoms with van der Waals surface area (Å²) in [6.07, 6.45) is 1.47. The molecule has 0 bridgehead atoms. The summed E-state index contributed by atoms with van der Waals surface area (Å²) in [4.78, 5) is 18.4. The van der Waals surface area contributed by atoms with Crippen LogP contribution in [-0.4, -0.2) is 43.2 Å². The maximum Gasteiger partial charge on any atom is 0.250 e. The van der Waals surface area contributed by atoms with Gasteiger partial charge in [0.2, 0.25) is 15.9 Å². The third-order valence-corrected chi connectivity index (χ3v) is 8.23. The largest absolute Gasteiger partial charge is 0.316 e. The number of likely N-dealkylation sites (N-methyl/N-ethyl adjacent to an activating group) is 1. The maximum atomic E-state index is 15.2. The summed E-state index contributed by atoms with van der Waals surface area (Å²) >= 11 is 0. The summed E-state index contributed by atoms with van der Waals surface area (Å²) in [5.74, 6) is -2.98. The van der Waals surface area contributed by atoms with Gasteiger partial charge in [-0.2, -0.15) is 4.31 Å². The highest BCUT2D eigenvalue weighted by Gasteiger charge is 2.51. The molecule has 3 aromatic rings. The number of hydrogen-bond donors (Lipinski definition) is 1. The molecule has 184 valence electrons. The number of aromatic nitrogens is 1. The molecule has 0 aliphatic carbocycles. The van der Waals surface area contributed by atoms with E-state index >= 15 is 8.78 Å². The van der Waals surface area contributed by atoms with E-state index in [2.05, 4.69) is 10.3 Å². The monoisotopic (exact) mass is 500 g/mol. The number of amides is 1. The Hall–Kier alpha value is -3.21. The average molecular weight is 501 g/mol. The smallest absolute Gasteiger partial charge is 0.250 e. The number of benzene rings is 2. The molecule has 35 heavy (non-hydrogen) atoms. The predicted molar refractivity (Wildman–Crippen MR) is 128 cm³/mol. The normalized spacial score (nSPS) is 18.9. The number of halogens is 2. The fraction of sp³-hybridized carbons (Fsp3) is 0.280. The van der Waals surface area contributed by atoms with Gasteiger partial charge < -0.3 is 10.2 Å². The average Bonchev–Trinajstić information content (AvgIpc) is 2.89. The topological polar surface area (TPSA) is 82.6 Å². The molecule has 0 saturated carbocycles. The van der Waals surface area contributed by atoms with Crippen molar-refractivity contribution in [1.29, 1.82) is 0 Å². The number of nitrogens with zero attached hydrogens (tertiary/aromatic N) is 3. The molecule has 1 aliphatic heterocycles. The van der Waals surface area contributed by atoms with Crippen LogP contribution in [0.4, 0.5) is 14.5 Å². The van der Waals surface area contributed by atoms with Gasteiger partial charge >= 0.3 is 0 Å². The minimum Gasteiger partial charge on any atom is -0.316 e. The maximum absolute atomic E-state index is 15.2. The van der Waals surface area contributed by atoms with Crippen molar-refractivity contribution in [3.63, 3.8) is 0 Å². The molecular formula is C25H26F2N4O3S. The van der Waals surface area contributed by atoms with E-state index in [0.29, 0.717) is 16.9 Å². The van der Waals surface area contributed by atoms with Crippen LogP contribution in [0.5, 0.6) is 0 Å². The quantitative estimate of drug-likeness (QED) is 0.562. The lowest BCUT2D eigenvalue weighted by Gasteiger charge is -2.38. The van der Waals surface area contributed by atoms with Crippen LogP contribution in [0, 0.1) is 11.6 Å². The highest BCUT2D eigenvalue weighted by molar-refractivity contribution is 7.89. The molecule has 1 N–H and O–H groups in total. The molecular weight excluding hydrogens is 474 g/mol. The van der Waals surface area contributed by atoms with Crippen molar-refractivity contribution in [2.24, 2.45) is 0 Å². The standard InChI is InChI=1S/C25H26F2N4O3S/c1-25(14-17-8-5-4-6-9-17)24(32)30(3)22-10-7-11-29-21(22)16-31(25)35(33,34)23-19(26)12-18(15-28-2)13-20(23)27/h4-13,28H,14-16H2,1-3H3. The lowest BCUT2D eigenvalue weighted by molar-refractivity contribution is -0.126. The molecule has 0 fully saturated rings. The summed E-state index contributed by atoms with van der Waals surface area (Å²) in [5, 5.41) is 2.78. The van der Waals surface area contributed by atoms with Crippen molar-refractivity contribution in [2.45, 2.75) is 36.9 Å². The van der Waals surface area contributed by atoms with Crippen LogP contribution >= 0.6 is 0 Å². The van der Waals surface area contributed by atoms with E-state index < -0.39 is 38.0 Å². The Morgan fingerprint density at radius 1 is 1.06 bits per heavy atom. The highest BCUT2D eigenvalue weighted by Crippen LogP contribution is 2.38. The number of hydrogen-bond acceptors (Lipinski definition) is 5. The first-order valence-electron chi connectivity index (χ1n) is 11.0. The van der Waals surface area contributed by atoms with Crippen LogP contribution in [0.3, 0.4) is 0 Å². The first-order chi connectivity index (χ1) is 16.6. The van der Waals surface area contributed by atoms with Crippen LogP contribution in [0.1, 0.15) is 23.7 Å². The molecule has 2 aromatic carbocycles. The Labute approximate surface area is 203 Å². The van der Waals surface area contributed by atoms with Crippen molar-refractivity contribution < 1.29 is 22.0 Å². The Bertz CT molecular complexity index is 1350. The Balaban J connectivity index is 1.93. The van der Waals surface area contributed by atoms with Crippen molar-refractivity contribution >= 4 is 21.6 Å². The summed E-state index contributed by atoms with van der Waals surface area (Å²) in [5.41, 5.74) is -0.0116. The van der Waals surface area contributed by atoms with Crippen molar-refractivity contribution in [3.05, 3.63) is 89.2 Å². The van der Waals surface area contributed by atoms with E-state index in [1.165, 1.54) is 25.1 Å². The number of fused-ring (bicyclic) bond motifs is 1. The number of pyridine rings is 1. The first kappa shape index (κ1) is 24.9. The van der Waals surface area contributed by atoms with Crippen LogP contribution in [0.15, 0.2) is 65.7 Å². The van der Waals surface area contributed by atoms with E-state index in [1.54, 1.807) is 49.5 Å². The lowest BCUT2D eigenvalue weighted by atomic mass is 9.91. The molecule has 1 atom stereocenters. The Kier molecular flexibility index (Phi) is 6.72. The molecule has 1 unspecified atom stereocenters. The predicted octanol–water partition coefficient (Wildman–Crippen LogP) is 3.25. The van der Waals surface area contributed by atoms with Crippen LogP contribution in [0.2, 0.25) is 0 Å². The molecule has 7 nitrogen and oxygen atoms in total. The summed E-state index contributed by atoms with van der Waals surface area (Å²) in [7, 11) is -1.68. The number of sulfonamides is 1. The van der Waals surface area contributed by atoms with Crippen molar-refractivity contribution in [2.75, 3.05) is 19.0 Å². The van der Waals surface area contributed by atoms with E-state index in [9.17, 15) is 13.2 Å². The zero-order chi connectivity index (χ0) is 25.4. The molecule has 4 rings (SSSR count). The zero-order valence-electron chi connectivity index (χ0n) is 19.6. The second-order valence-corrected chi connectivity index (χ2v) is 10.5. The van der Waals surface area contributed by atoms with Gasteiger partial charge in [-0.15, -0.1) is 0 Å². The second-order valence-electron chi connectivity index (χ2n) is 8.70. The van der Waals surface area contributed by atoms with Gasteiger partial charge in [-0.05, 0) is 49.4 Å². The molecule has 10 heteroatoms. The fourth-order valence-corrected chi connectivity index (χ4v) is 6.32. The lowest BCUT2D eigenvalue weighted by Crippen LogP contribution is -2.58. The van der Waals surface area contributed by atoms with Gasteiger partial charge in [0.1, 0.15) is 17.2 Å². The number of anilines is 1. The van der Waals surface area contributed by atoms with Crippen molar-refractivity contribution in [1.82, 2.24) is 14.6 Å². The zero-order valence-corrected chi connectivity index (χ0v) is 20.4. The SMILES string of the molecule is CNCc1cc(F)c(S(=O)(=O)N2Cc3ncccc3N(C)C(=O)C2(C)Cc2ccccc2)c(F)c1. The summed E-state index contributed by atoms with van der Waals surface area (Å²) in [6.45, 7) is 1.30. The van der Waals surface area contributed by atoms with Crippen molar-refractivity contribution in [3.8, 4) is 0 Å². The van der Waals surface area contributed by atoms with Gasteiger partial charge in [0, 0.05) is 26.2 Å². The van der Waals surface area contributed by atoms with Crippen LogP contribution in [-0.2, 0) is 34.3 Å². The van der Waals surface area contributed by atoms with Crippen LogP contribution in [0.25, 0.3) is 0 Å². The minimum absolute atomic E-state index is 0.00862. The molecule has 1 aliphatic rings. The molecule has 1 amide bonds. The molecule has 2 heterocycles. The molecule has 0 radical (unpaired) electrons. The number of carbonyl (C=O) groups is 1. The van der Waals surface area contributed by atoms with Crippen LogP contribution < -0.4 is 10.2 Å². The minimum atomic E-state index is -4.83. The third kappa shape index (κ3) is 4.44. The summed E-state index contributed by atoms with van der Waals surface area (Å²) < 4.78 is 59.1. The Morgan fingerprint density at radius 2 is 1.71 bits per heavy atom. The van der Waals surface area contributed by atoms with Gasteiger partial charge in [-0.1, -0.05) is 30.3 Å².